The number of carbonyl (C=O) groups excluding carboxylic acids is 1. The molecule has 0 saturated carbocycles. The summed E-state index contributed by atoms with van der Waals surface area (Å²) in [5, 5.41) is 24.6. The Bertz CT molecular complexity index is 1440. The van der Waals surface area contributed by atoms with Gasteiger partial charge in [-0.05, 0) is 54.0 Å². The van der Waals surface area contributed by atoms with Gasteiger partial charge in [0.2, 0.25) is 0 Å². The third-order valence-corrected chi connectivity index (χ3v) is 7.50. The Morgan fingerprint density at radius 3 is 2.54 bits per heavy atom. The minimum absolute atomic E-state index is 0.0197. The predicted octanol–water partition coefficient (Wildman–Crippen LogP) is 6.41. The number of hydrogen-bond donors (Lipinski definition) is 0. The van der Waals surface area contributed by atoms with E-state index in [1.54, 1.807) is 17.9 Å². The van der Waals surface area contributed by atoms with Crippen LogP contribution in [-0.4, -0.2) is 15.3 Å². The Balaban J connectivity index is 1.90. The molecule has 0 bridgehead atoms. The molecule has 0 saturated heterocycles. The van der Waals surface area contributed by atoms with Gasteiger partial charge in [0.15, 0.2) is 5.78 Å². The average Bonchev–Trinajstić information content (AvgIpc) is 3.51. The van der Waals surface area contributed by atoms with Gasteiger partial charge in [-0.15, -0.1) is 11.3 Å². The first-order chi connectivity index (χ1) is 16.7. The zero-order valence-electron chi connectivity index (χ0n) is 19.7. The van der Waals surface area contributed by atoms with Gasteiger partial charge < -0.3 is 4.57 Å². The highest BCUT2D eigenvalue weighted by Gasteiger charge is 2.46. The van der Waals surface area contributed by atoms with Crippen molar-refractivity contribution in [3.63, 3.8) is 0 Å². The van der Waals surface area contributed by atoms with Crippen molar-refractivity contribution >= 4 is 34.3 Å². The topological polar surface area (TPSA) is 92.2 Å². The quantitative estimate of drug-likeness (QED) is 0.315. The minimum atomic E-state index is -0.517. The molecular weight excluding hydrogens is 460 g/mol. The number of nitro benzene ring substituents is 1. The molecule has 1 aromatic carbocycles. The highest BCUT2D eigenvalue weighted by molar-refractivity contribution is 7.10. The molecule has 2 aliphatic rings. The maximum Gasteiger partial charge on any atom is 0.293 e. The van der Waals surface area contributed by atoms with Crippen LogP contribution in [0.1, 0.15) is 43.0 Å². The summed E-state index contributed by atoms with van der Waals surface area (Å²) in [5.74, 6) is -0.0161. The van der Waals surface area contributed by atoms with E-state index in [1.165, 1.54) is 17.4 Å². The third-order valence-electron chi connectivity index (χ3n) is 6.56. The smallest absolute Gasteiger partial charge is 0.293 e. The molecular formula is C27H24N4O3S. The lowest BCUT2D eigenvalue weighted by molar-refractivity contribution is -0.384. The minimum Gasteiger partial charge on any atom is -0.309 e. The van der Waals surface area contributed by atoms with Crippen molar-refractivity contribution in [3.05, 3.63) is 97.6 Å². The van der Waals surface area contributed by atoms with Gasteiger partial charge in [0.1, 0.15) is 11.5 Å². The maximum absolute atomic E-state index is 13.7. The lowest BCUT2D eigenvalue weighted by Gasteiger charge is -2.44. The van der Waals surface area contributed by atoms with E-state index >= 15 is 0 Å². The zero-order chi connectivity index (χ0) is 24.9. The summed E-state index contributed by atoms with van der Waals surface area (Å²) in [6.45, 7) is 5.88. The van der Waals surface area contributed by atoms with Crippen LogP contribution in [0.4, 0.5) is 11.4 Å². The summed E-state index contributed by atoms with van der Waals surface area (Å²) in [7, 11) is 0. The number of aromatic nitrogens is 1. The number of Topliss-reactive ketones (excluding diaryl/α,β-unsaturated/α-hetero) is 1. The molecule has 1 aliphatic carbocycles. The SMILES string of the molecule is Cc1ccc(N2C3=C(C(=O)CC(C)(C)C3)C(c3cccs3)C(C#N)=C2n2cccc2)c([N+](=O)[O-])c1. The van der Waals surface area contributed by atoms with E-state index in [4.69, 9.17) is 0 Å². The van der Waals surface area contributed by atoms with Gasteiger partial charge in [-0.2, -0.15) is 5.26 Å². The Labute approximate surface area is 207 Å². The lowest BCUT2D eigenvalue weighted by Crippen LogP contribution is -2.40. The standard InChI is InChI=1S/C27H24N4O3S/c1-17-8-9-19(20(13-17)31(33)34)30-21-14-27(2,3)15-22(32)25(21)24(23-7-6-12-35-23)18(16-28)26(30)29-10-4-5-11-29/h4-13,24H,14-15H2,1-3H3. The highest BCUT2D eigenvalue weighted by atomic mass is 32.1. The zero-order valence-corrected chi connectivity index (χ0v) is 20.5. The molecule has 0 radical (unpaired) electrons. The molecule has 0 N–H and O–H groups in total. The van der Waals surface area contributed by atoms with Crippen LogP contribution >= 0.6 is 11.3 Å². The summed E-state index contributed by atoms with van der Waals surface area (Å²) >= 11 is 1.50. The molecule has 0 fully saturated rings. The lowest BCUT2D eigenvalue weighted by atomic mass is 9.69. The van der Waals surface area contributed by atoms with E-state index in [-0.39, 0.29) is 16.9 Å². The Kier molecular flexibility index (Phi) is 5.45. The number of anilines is 1. The molecule has 7 nitrogen and oxygen atoms in total. The summed E-state index contributed by atoms with van der Waals surface area (Å²) in [4.78, 5) is 28.2. The van der Waals surface area contributed by atoms with E-state index in [1.807, 2.05) is 66.5 Å². The molecule has 0 spiro atoms. The van der Waals surface area contributed by atoms with Crippen LogP contribution in [-0.2, 0) is 4.79 Å². The van der Waals surface area contributed by atoms with Gasteiger partial charge in [-0.1, -0.05) is 26.0 Å². The molecule has 3 heterocycles. The van der Waals surface area contributed by atoms with Gasteiger partial charge in [-0.25, -0.2) is 0 Å². The van der Waals surface area contributed by atoms with Crippen LogP contribution in [0.2, 0.25) is 0 Å². The molecule has 176 valence electrons. The Morgan fingerprint density at radius 1 is 1.17 bits per heavy atom. The monoisotopic (exact) mass is 484 g/mol. The Morgan fingerprint density at radius 2 is 1.91 bits per heavy atom. The number of nitriles is 1. The van der Waals surface area contributed by atoms with Crippen molar-refractivity contribution in [1.29, 1.82) is 5.26 Å². The summed E-state index contributed by atoms with van der Waals surface area (Å²) < 4.78 is 1.82. The third kappa shape index (κ3) is 3.78. The van der Waals surface area contributed by atoms with Crippen molar-refractivity contribution in [2.24, 2.45) is 5.41 Å². The number of allylic oxidation sites excluding steroid dienone is 3. The number of nitro groups is 1. The van der Waals surface area contributed by atoms with Gasteiger partial charge in [0.05, 0.1) is 22.5 Å². The normalized spacial score (nSPS) is 19.5. The Hall–Kier alpha value is -3.96. The van der Waals surface area contributed by atoms with Crippen molar-refractivity contribution in [2.45, 2.75) is 39.5 Å². The molecule has 1 atom stereocenters. The van der Waals surface area contributed by atoms with Gasteiger partial charge in [0, 0.05) is 41.0 Å². The number of rotatable bonds is 4. The van der Waals surface area contributed by atoms with Crippen molar-refractivity contribution < 1.29 is 9.72 Å². The van der Waals surface area contributed by atoms with E-state index in [0.717, 1.165) is 16.1 Å². The number of hydrogen-bond acceptors (Lipinski definition) is 6. The van der Waals surface area contributed by atoms with Crippen LogP contribution < -0.4 is 4.90 Å². The van der Waals surface area contributed by atoms with E-state index in [2.05, 4.69) is 6.07 Å². The number of aryl methyl sites for hydroxylation is 1. The fourth-order valence-corrected chi connectivity index (χ4v) is 6.01. The molecule has 8 heteroatoms. The number of nitrogens with zero attached hydrogens (tertiary/aromatic N) is 4. The first-order valence-electron chi connectivity index (χ1n) is 11.3. The number of carbonyl (C=O) groups is 1. The van der Waals surface area contributed by atoms with Crippen LogP contribution in [0.25, 0.3) is 5.82 Å². The average molecular weight is 485 g/mol. The fourth-order valence-electron chi connectivity index (χ4n) is 5.16. The first kappa shape index (κ1) is 22.8. The van der Waals surface area contributed by atoms with Gasteiger partial charge >= 0.3 is 0 Å². The molecule has 35 heavy (non-hydrogen) atoms. The number of thiophene rings is 1. The van der Waals surface area contributed by atoms with Crippen LogP contribution in [0, 0.1) is 33.8 Å². The molecule has 3 aromatic rings. The molecule has 1 unspecified atom stereocenters. The summed E-state index contributed by atoms with van der Waals surface area (Å²) in [6, 6.07) is 15.0. The second kappa shape index (κ2) is 8.36. The maximum atomic E-state index is 13.7. The van der Waals surface area contributed by atoms with Crippen LogP contribution in [0.5, 0.6) is 0 Å². The summed E-state index contributed by atoms with van der Waals surface area (Å²) in [5.41, 5.74) is 2.39. The van der Waals surface area contributed by atoms with Crippen molar-refractivity contribution in [1.82, 2.24) is 4.57 Å². The second-order valence-electron chi connectivity index (χ2n) is 9.77. The second-order valence-corrected chi connectivity index (χ2v) is 10.8. The number of ketones is 1. The van der Waals surface area contributed by atoms with E-state index in [9.17, 15) is 20.2 Å². The van der Waals surface area contributed by atoms with Crippen molar-refractivity contribution in [3.8, 4) is 6.07 Å². The predicted molar refractivity (Wildman–Crippen MR) is 136 cm³/mol. The largest absolute Gasteiger partial charge is 0.309 e. The molecule has 2 aromatic heterocycles. The first-order valence-corrected chi connectivity index (χ1v) is 12.2. The fraction of sp³-hybridized carbons (Fsp3) is 0.259. The van der Waals surface area contributed by atoms with Gasteiger partial charge in [-0.3, -0.25) is 19.8 Å². The highest BCUT2D eigenvalue weighted by Crippen LogP contribution is 2.53. The molecule has 0 amide bonds. The summed E-state index contributed by atoms with van der Waals surface area (Å²) in [6.07, 6.45) is 4.55. The van der Waals surface area contributed by atoms with Crippen LogP contribution in [0.3, 0.4) is 0 Å². The van der Waals surface area contributed by atoms with E-state index < -0.39 is 10.8 Å². The van der Waals surface area contributed by atoms with Crippen LogP contribution in [0.15, 0.2) is 77.1 Å². The van der Waals surface area contributed by atoms with E-state index in [0.29, 0.717) is 35.5 Å². The van der Waals surface area contributed by atoms with Gasteiger partial charge in [0.25, 0.3) is 5.69 Å². The van der Waals surface area contributed by atoms with Crippen molar-refractivity contribution in [2.75, 3.05) is 4.90 Å². The molecule has 5 rings (SSSR count). The number of benzene rings is 1. The molecule has 1 aliphatic heterocycles.